The first-order chi connectivity index (χ1) is 21.3. The number of carbonyl (C=O) groups excluding carboxylic acids is 1. The zero-order chi connectivity index (χ0) is 31.7. The molecule has 0 aromatic heterocycles. The third kappa shape index (κ3) is 4.22. The van der Waals surface area contributed by atoms with Crippen LogP contribution in [0.4, 0.5) is 0 Å². The van der Waals surface area contributed by atoms with Gasteiger partial charge in [0.25, 0.3) is 0 Å². The molecule has 6 saturated carbocycles. The Bertz CT molecular complexity index is 1240. The second-order valence-corrected chi connectivity index (χ2v) is 18.1. The Morgan fingerprint density at radius 1 is 0.956 bits per heavy atom. The van der Waals surface area contributed by atoms with E-state index in [2.05, 4.69) is 34.6 Å². The van der Waals surface area contributed by atoms with Crippen molar-refractivity contribution in [1.29, 1.82) is 0 Å². The zero-order valence-corrected chi connectivity index (χ0v) is 28.3. The third-order valence-electron chi connectivity index (χ3n) is 16.1. The number of amides is 1. The van der Waals surface area contributed by atoms with Gasteiger partial charge in [0.15, 0.2) is 6.29 Å². The molecule has 252 valence electrons. The Labute approximate surface area is 269 Å². The fourth-order valence-electron chi connectivity index (χ4n) is 13.8. The van der Waals surface area contributed by atoms with Crippen molar-refractivity contribution < 1.29 is 34.0 Å². The highest BCUT2D eigenvalue weighted by Crippen LogP contribution is 2.89. The molecule has 8 heteroatoms. The normalized spacial score (nSPS) is 52.9. The lowest BCUT2D eigenvalue weighted by Gasteiger charge is -2.64. The van der Waals surface area contributed by atoms with Crippen molar-refractivity contribution in [3.8, 4) is 0 Å². The van der Waals surface area contributed by atoms with Gasteiger partial charge >= 0.3 is 5.97 Å². The Kier molecular flexibility index (Phi) is 7.01. The number of carboxylic acid groups (broad SMARTS) is 1. The Morgan fingerprint density at radius 3 is 2.42 bits per heavy atom. The van der Waals surface area contributed by atoms with Crippen molar-refractivity contribution >= 4 is 11.9 Å². The molecule has 2 N–H and O–H groups in total. The molecule has 45 heavy (non-hydrogen) atoms. The van der Waals surface area contributed by atoms with E-state index < -0.39 is 12.1 Å². The van der Waals surface area contributed by atoms with Crippen LogP contribution in [0.15, 0.2) is 0 Å². The summed E-state index contributed by atoms with van der Waals surface area (Å²) in [6, 6.07) is 0. The standard InChI is InChI=1S/C37H57NO7/c1-21-16-23(18-28(40)41)44-31-30(21)34(4)12-13-37-20-36(37)11-10-26(33(2,3)24(36)8-9-25(37)35(34,5)32(31)42)45-29-19-38(14-15-43-29)27(39)17-22-6-7-22/h21-26,29-32,42H,6-20H2,1-5H3,(H,40,41)/t21-,23?,24+,25?,26+,29?,30+,31?,32+,34-,35-,36-,37?/m1/s1. The first kappa shape index (κ1) is 31.1. The molecule has 2 aliphatic heterocycles. The summed E-state index contributed by atoms with van der Waals surface area (Å²) >= 11 is 0. The van der Waals surface area contributed by atoms with Crippen LogP contribution in [-0.2, 0) is 23.8 Å². The van der Waals surface area contributed by atoms with Gasteiger partial charge < -0.3 is 29.3 Å². The minimum absolute atomic E-state index is 0.00198. The summed E-state index contributed by atoms with van der Waals surface area (Å²) in [5.74, 6) is 1.66. The lowest BCUT2D eigenvalue weighted by molar-refractivity contribution is -0.248. The molecule has 5 unspecified atom stereocenters. The van der Waals surface area contributed by atoms with Gasteiger partial charge in [0, 0.05) is 18.4 Å². The summed E-state index contributed by atoms with van der Waals surface area (Å²) in [4.78, 5) is 26.4. The molecular formula is C37H57NO7. The van der Waals surface area contributed by atoms with Crippen molar-refractivity contribution in [3.05, 3.63) is 0 Å². The Hall–Kier alpha value is -1.22. The number of aliphatic carboxylic acids is 1. The number of morpholine rings is 1. The van der Waals surface area contributed by atoms with Gasteiger partial charge in [-0.1, -0.05) is 34.6 Å². The molecular weight excluding hydrogens is 570 g/mol. The summed E-state index contributed by atoms with van der Waals surface area (Å²) in [5.41, 5.74) is 0.300. The van der Waals surface area contributed by atoms with E-state index in [-0.39, 0.29) is 64.5 Å². The predicted octanol–water partition coefficient (Wildman–Crippen LogP) is 5.64. The van der Waals surface area contributed by atoms with Crippen LogP contribution in [0.2, 0.25) is 0 Å². The van der Waals surface area contributed by atoms with E-state index in [1.807, 2.05) is 4.90 Å². The first-order valence-electron chi connectivity index (χ1n) is 18.4. The molecule has 0 bridgehead atoms. The largest absolute Gasteiger partial charge is 0.481 e. The van der Waals surface area contributed by atoms with Gasteiger partial charge in [-0.25, -0.2) is 0 Å². The van der Waals surface area contributed by atoms with E-state index in [4.69, 9.17) is 14.2 Å². The van der Waals surface area contributed by atoms with Crippen molar-refractivity contribution in [1.82, 2.24) is 4.90 Å². The Morgan fingerprint density at radius 2 is 1.69 bits per heavy atom. The summed E-state index contributed by atoms with van der Waals surface area (Å²) in [7, 11) is 0. The number of hydrogen-bond donors (Lipinski definition) is 2. The predicted molar refractivity (Wildman–Crippen MR) is 167 cm³/mol. The van der Waals surface area contributed by atoms with Crippen LogP contribution < -0.4 is 0 Å². The molecule has 0 radical (unpaired) electrons. The fraction of sp³-hybridized carbons (Fsp3) is 0.946. The van der Waals surface area contributed by atoms with Gasteiger partial charge in [-0.05, 0) is 115 Å². The lowest BCUT2D eigenvalue weighted by atomic mass is 9.41. The van der Waals surface area contributed by atoms with Gasteiger partial charge in [-0.2, -0.15) is 0 Å². The number of hydrogen-bond acceptors (Lipinski definition) is 6. The maximum absolute atomic E-state index is 12.9. The second-order valence-electron chi connectivity index (χ2n) is 18.1. The van der Waals surface area contributed by atoms with Crippen LogP contribution in [0.25, 0.3) is 0 Å². The van der Waals surface area contributed by atoms with E-state index >= 15 is 0 Å². The molecule has 13 atom stereocenters. The van der Waals surface area contributed by atoms with Gasteiger partial charge in [-0.15, -0.1) is 0 Å². The molecule has 2 heterocycles. The number of aliphatic hydroxyl groups is 1. The molecule has 8 fully saturated rings. The minimum atomic E-state index is -0.818. The van der Waals surface area contributed by atoms with E-state index in [1.54, 1.807) is 0 Å². The molecule has 8 rings (SSSR count). The molecule has 2 spiro atoms. The van der Waals surface area contributed by atoms with Crippen molar-refractivity contribution in [2.45, 2.75) is 142 Å². The van der Waals surface area contributed by atoms with Crippen LogP contribution in [0.3, 0.4) is 0 Å². The van der Waals surface area contributed by atoms with E-state index in [1.165, 1.54) is 32.1 Å². The van der Waals surface area contributed by atoms with Crippen LogP contribution in [0, 0.1) is 56.7 Å². The number of aliphatic hydroxyl groups excluding tert-OH is 1. The Balaban J connectivity index is 1.01. The van der Waals surface area contributed by atoms with Crippen molar-refractivity contribution in [2.24, 2.45) is 56.7 Å². The average Bonchev–Trinajstić information content (AvgIpc) is 3.89. The maximum atomic E-state index is 12.9. The van der Waals surface area contributed by atoms with E-state index in [0.717, 1.165) is 32.1 Å². The maximum Gasteiger partial charge on any atom is 0.305 e. The van der Waals surface area contributed by atoms with E-state index in [9.17, 15) is 19.8 Å². The smallest absolute Gasteiger partial charge is 0.305 e. The number of nitrogens with zero attached hydrogens (tertiary/aromatic N) is 1. The monoisotopic (exact) mass is 627 g/mol. The number of rotatable bonds is 6. The lowest BCUT2D eigenvalue weighted by Crippen LogP contribution is -2.60. The van der Waals surface area contributed by atoms with Crippen molar-refractivity contribution in [3.63, 3.8) is 0 Å². The summed E-state index contributed by atoms with van der Waals surface area (Å²) in [5, 5.41) is 21.8. The van der Waals surface area contributed by atoms with Crippen molar-refractivity contribution in [2.75, 3.05) is 19.7 Å². The van der Waals surface area contributed by atoms with Crippen LogP contribution in [0.5, 0.6) is 0 Å². The summed E-state index contributed by atoms with van der Waals surface area (Å²) < 4.78 is 19.5. The molecule has 8 aliphatic rings. The van der Waals surface area contributed by atoms with Gasteiger partial charge in [-0.3, -0.25) is 9.59 Å². The highest BCUT2D eigenvalue weighted by Gasteiger charge is 2.84. The minimum Gasteiger partial charge on any atom is -0.481 e. The number of ether oxygens (including phenoxy) is 3. The van der Waals surface area contributed by atoms with Crippen LogP contribution in [-0.4, -0.2) is 77.4 Å². The first-order valence-corrected chi connectivity index (χ1v) is 18.4. The van der Waals surface area contributed by atoms with E-state index in [0.29, 0.717) is 55.2 Å². The molecule has 0 aromatic rings. The number of carbonyl (C=O) groups is 2. The molecule has 1 amide bonds. The SMILES string of the molecule is C[C@@H]1CC(CC(=O)O)OC2[C@H]1[C@@]1(C)CCC34C[C@@]35CC[C@H](OC3CN(C(=O)CC6CC6)CCO3)C(C)(C)[C@@H]5CCC4[C@]1(C)[C@H]2O. The quantitative estimate of drug-likeness (QED) is 0.393. The summed E-state index contributed by atoms with van der Waals surface area (Å²) in [6.07, 6.45) is 10.5. The molecule has 2 saturated heterocycles. The molecule has 0 aromatic carbocycles. The van der Waals surface area contributed by atoms with Gasteiger partial charge in [0.05, 0.1) is 44.0 Å². The highest BCUT2D eigenvalue weighted by atomic mass is 16.7. The van der Waals surface area contributed by atoms with Gasteiger partial charge in [0.2, 0.25) is 5.91 Å². The fourth-order valence-corrected chi connectivity index (χ4v) is 13.8. The third-order valence-corrected chi connectivity index (χ3v) is 16.1. The number of carboxylic acids is 1. The molecule has 8 nitrogen and oxygen atoms in total. The number of fused-ring (bicyclic) bond motifs is 4. The highest BCUT2D eigenvalue weighted by molar-refractivity contribution is 5.76. The van der Waals surface area contributed by atoms with Crippen LogP contribution in [0.1, 0.15) is 112 Å². The van der Waals surface area contributed by atoms with Crippen LogP contribution >= 0.6 is 0 Å². The van der Waals surface area contributed by atoms with Gasteiger partial charge in [0.1, 0.15) is 0 Å². The molecule has 6 aliphatic carbocycles. The average molecular weight is 628 g/mol. The summed E-state index contributed by atoms with van der Waals surface area (Å²) in [6.45, 7) is 13.8. The topological polar surface area (TPSA) is 106 Å². The zero-order valence-electron chi connectivity index (χ0n) is 28.3. The second kappa shape index (κ2) is 10.1.